The van der Waals surface area contributed by atoms with Gasteiger partial charge in [-0.15, -0.1) is 0 Å². The first kappa shape index (κ1) is 30.2. The summed E-state index contributed by atoms with van der Waals surface area (Å²) in [6, 6.07) is 10.4. The van der Waals surface area contributed by atoms with Crippen LogP contribution in [0.2, 0.25) is 0 Å². The predicted octanol–water partition coefficient (Wildman–Crippen LogP) is -0.795. The number of aromatic hydroxyl groups is 1. The Balaban J connectivity index is 1.47. The van der Waals surface area contributed by atoms with Gasteiger partial charge in [-0.2, -0.15) is 0 Å². The van der Waals surface area contributed by atoms with Gasteiger partial charge in [-0.25, -0.2) is 0 Å². The summed E-state index contributed by atoms with van der Waals surface area (Å²) in [4.78, 5) is 12.9. The fourth-order valence-corrected chi connectivity index (χ4v) is 4.92. The maximum absolute atomic E-state index is 12.9. The van der Waals surface area contributed by atoms with Gasteiger partial charge in [-0.05, 0) is 31.2 Å². The number of methoxy groups -OCH3 is 1. The highest BCUT2D eigenvalue weighted by Crippen LogP contribution is 2.35. The fraction of sp³-hybridized carbons (Fsp3) is 0.464. The van der Waals surface area contributed by atoms with Gasteiger partial charge >= 0.3 is 0 Å². The molecule has 0 bridgehead atoms. The van der Waals surface area contributed by atoms with Crippen molar-refractivity contribution in [3.63, 3.8) is 0 Å². The Kier molecular flexibility index (Phi) is 8.71. The first-order valence-corrected chi connectivity index (χ1v) is 13.1. The minimum atomic E-state index is -1.75. The van der Waals surface area contributed by atoms with Gasteiger partial charge < -0.3 is 63.8 Å². The number of benzene rings is 2. The van der Waals surface area contributed by atoms with Crippen LogP contribution in [0.1, 0.15) is 6.92 Å². The molecule has 1 aromatic heterocycles. The largest absolute Gasteiger partial charge is 0.507 e. The number of rotatable bonds is 7. The van der Waals surface area contributed by atoms with E-state index in [4.69, 9.17) is 28.1 Å². The molecule has 2 aromatic carbocycles. The highest BCUT2D eigenvalue weighted by atomic mass is 16.8. The summed E-state index contributed by atoms with van der Waals surface area (Å²) in [6.45, 7) is 0.721. The minimum Gasteiger partial charge on any atom is -0.507 e. The van der Waals surface area contributed by atoms with Gasteiger partial charge in [-0.3, -0.25) is 4.79 Å². The van der Waals surface area contributed by atoms with Gasteiger partial charge in [0.15, 0.2) is 17.8 Å². The number of fused-ring (bicyclic) bond motifs is 1. The van der Waals surface area contributed by atoms with Gasteiger partial charge in [0, 0.05) is 23.8 Å². The number of ether oxygens (including phenoxy) is 5. The third kappa shape index (κ3) is 5.68. The highest BCUT2D eigenvalue weighted by molar-refractivity contribution is 5.86. The lowest BCUT2D eigenvalue weighted by molar-refractivity contribution is -0.354. The fourth-order valence-electron chi connectivity index (χ4n) is 4.92. The molecule has 2 aliphatic rings. The predicted molar refractivity (Wildman–Crippen MR) is 142 cm³/mol. The van der Waals surface area contributed by atoms with Crippen LogP contribution >= 0.6 is 0 Å². The Morgan fingerprint density at radius 2 is 1.55 bits per heavy atom. The monoisotopic (exact) mass is 592 g/mol. The van der Waals surface area contributed by atoms with E-state index in [9.17, 15) is 40.5 Å². The van der Waals surface area contributed by atoms with Crippen molar-refractivity contribution in [2.45, 2.75) is 68.3 Å². The Labute approximate surface area is 238 Å². The van der Waals surface area contributed by atoms with Crippen LogP contribution in [-0.2, 0) is 14.2 Å². The molecule has 0 saturated carbocycles. The summed E-state index contributed by atoms with van der Waals surface area (Å²) >= 11 is 0. The molecule has 7 N–H and O–H groups in total. The molecule has 14 heteroatoms. The van der Waals surface area contributed by atoms with Crippen molar-refractivity contribution in [3.8, 4) is 28.6 Å². The average Bonchev–Trinajstić information content (AvgIpc) is 2.97. The van der Waals surface area contributed by atoms with E-state index in [2.05, 4.69) is 0 Å². The standard InChI is InChI=1S/C28H32O14/c1-11-21(32)23(34)25(36)27(38-11)42-26-24(35)22(33)19(10-29)41-28(26)39-14-7-15(30)20-16(31)9-17(40-18(20)8-14)12-3-5-13(37-2)6-4-12/h3-9,11,19,21-30,32-36H,10H2,1-2H3/t11-,19+,21-,22+,23+,24-,25+,26+,27-,28+/m0/s1. The van der Waals surface area contributed by atoms with Crippen LogP contribution in [0.25, 0.3) is 22.3 Å². The Morgan fingerprint density at radius 1 is 0.833 bits per heavy atom. The number of phenolic OH excluding ortho intramolecular Hbond substituents is 1. The Hall–Kier alpha value is -3.31. The zero-order valence-corrected chi connectivity index (χ0v) is 22.5. The van der Waals surface area contributed by atoms with Gasteiger partial charge in [0.2, 0.25) is 6.29 Å². The van der Waals surface area contributed by atoms with Crippen LogP contribution in [0.5, 0.6) is 17.2 Å². The molecule has 3 heterocycles. The average molecular weight is 593 g/mol. The lowest BCUT2D eigenvalue weighted by Crippen LogP contribution is -2.64. The molecule has 42 heavy (non-hydrogen) atoms. The molecule has 0 unspecified atom stereocenters. The van der Waals surface area contributed by atoms with Gasteiger partial charge in [0.25, 0.3) is 0 Å². The van der Waals surface area contributed by atoms with E-state index in [1.54, 1.807) is 24.3 Å². The van der Waals surface area contributed by atoms with Crippen LogP contribution in [0, 0.1) is 0 Å². The zero-order chi connectivity index (χ0) is 30.3. The van der Waals surface area contributed by atoms with E-state index in [1.807, 2.05) is 0 Å². The SMILES string of the molecule is COc1ccc(-c2cc(=O)c3c(O)cc(O[C@@H]4O[C@H](CO)[C@@H](O)[C@H](O)[C@H]4O[C@@H]4O[C@@H](C)[C@H](O)[C@@H](O)[C@H]4O)cc3o2)cc1. The van der Waals surface area contributed by atoms with Gasteiger partial charge in [-0.1, -0.05) is 0 Å². The molecule has 2 saturated heterocycles. The number of hydrogen-bond donors (Lipinski definition) is 7. The lowest BCUT2D eigenvalue weighted by Gasteiger charge is -2.45. The smallest absolute Gasteiger partial charge is 0.229 e. The van der Waals surface area contributed by atoms with Crippen molar-refractivity contribution in [1.82, 2.24) is 0 Å². The summed E-state index contributed by atoms with van der Waals surface area (Å²) in [5, 5.41) is 72.1. The number of phenols is 1. The summed E-state index contributed by atoms with van der Waals surface area (Å²) in [5.74, 6) is 0.197. The lowest BCUT2D eigenvalue weighted by atomic mass is 9.97. The van der Waals surface area contributed by atoms with E-state index in [-0.39, 0.29) is 22.5 Å². The molecule has 10 atom stereocenters. The van der Waals surface area contributed by atoms with Crippen molar-refractivity contribution in [1.29, 1.82) is 0 Å². The molecule has 0 radical (unpaired) electrons. The van der Waals surface area contributed by atoms with Crippen LogP contribution in [0.4, 0.5) is 0 Å². The van der Waals surface area contributed by atoms with Crippen LogP contribution in [0.3, 0.4) is 0 Å². The van der Waals surface area contributed by atoms with Crippen molar-refractivity contribution < 1.29 is 63.8 Å². The molecular weight excluding hydrogens is 560 g/mol. The summed E-state index contributed by atoms with van der Waals surface area (Å²) in [6.07, 6.45) is -15.2. The second-order valence-electron chi connectivity index (χ2n) is 10.1. The molecule has 0 amide bonds. The zero-order valence-electron chi connectivity index (χ0n) is 22.5. The first-order chi connectivity index (χ1) is 20.0. The molecule has 2 aliphatic heterocycles. The van der Waals surface area contributed by atoms with E-state index in [1.165, 1.54) is 26.2 Å². The molecule has 228 valence electrons. The maximum Gasteiger partial charge on any atom is 0.229 e. The normalized spacial score (nSPS) is 33.4. The number of aliphatic hydroxyl groups is 6. The number of aliphatic hydroxyl groups excluding tert-OH is 6. The van der Waals surface area contributed by atoms with E-state index in [0.29, 0.717) is 11.3 Å². The quantitative estimate of drug-likeness (QED) is 0.179. The third-order valence-electron chi connectivity index (χ3n) is 7.33. The van der Waals surface area contributed by atoms with Gasteiger partial charge in [0.1, 0.15) is 70.6 Å². The molecule has 3 aromatic rings. The van der Waals surface area contributed by atoms with Crippen LogP contribution in [-0.4, -0.2) is 111 Å². The summed E-state index contributed by atoms with van der Waals surface area (Å²) < 4.78 is 33.7. The molecule has 5 rings (SSSR count). The minimum absolute atomic E-state index is 0.0483. The van der Waals surface area contributed by atoms with Gasteiger partial charge in [0.05, 0.1) is 19.8 Å². The molecular formula is C28H32O14. The Bertz CT molecular complexity index is 1440. The number of hydrogen-bond acceptors (Lipinski definition) is 14. The van der Waals surface area contributed by atoms with Crippen molar-refractivity contribution in [2.75, 3.05) is 13.7 Å². The van der Waals surface area contributed by atoms with Crippen molar-refractivity contribution >= 4 is 11.0 Å². The van der Waals surface area contributed by atoms with Crippen LogP contribution in [0.15, 0.2) is 51.7 Å². The first-order valence-electron chi connectivity index (χ1n) is 13.1. The van der Waals surface area contributed by atoms with Crippen LogP contribution < -0.4 is 14.9 Å². The topological polar surface area (TPSA) is 218 Å². The highest BCUT2D eigenvalue weighted by Gasteiger charge is 2.50. The maximum atomic E-state index is 12.9. The second kappa shape index (κ2) is 12.1. The third-order valence-corrected chi connectivity index (χ3v) is 7.33. The Morgan fingerprint density at radius 3 is 2.21 bits per heavy atom. The second-order valence-corrected chi connectivity index (χ2v) is 10.1. The molecule has 0 spiro atoms. The summed E-state index contributed by atoms with van der Waals surface area (Å²) in [7, 11) is 1.52. The summed E-state index contributed by atoms with van der Waals surface area (Å²) in [5.41, 5.74) is -0.0218. The molecule has 0 aliphatic carbocycles. The molecule has 2 fully saturated rings. The van der Waals surface area contributed by atoms with Crippen molar-refractivity contribution in [3.05, 3.63) is 52.7 Å². The van der Waals surface area contributed by atoms with E-state index < -0.39 is 79.2 Å². The van der Waals surface area contributed by atoms with E-state index in [0.717, 1.165) is 6.07 Å². The molecule has 14 nitrogen and oxygen atoms in total. The van der Waals surface area contributed by atoms with Crippen molar-refractivity contribution in [2.24, 2.45) is 0 Å². The van der Waals surface area contributed by atoms with E-state index >= 15 is 0 Å².